The van der Waals surface area contributed by atoms with Crippen LogP contribution in [0.15, 0.2) is 0 Å². The molecule has 0 atom stereocenters. The van der Waals surface area contributed by atoms with Crippen molar-refractivity contribution in [2.75, 3.05) is 32.9 Å². The summed E-state index contributed by atoms with van der Waals surface area (Å²) >= 11 is 0. The fourth-order valence-electron chi connectivity index (χ4n) is 0.209. The number of hydrogen-bond donors (Lipinski definition) is 7. The normalized spacial score (nSPS) is 7.08. The van der Waals surface area contributed by atoms with E-state index in [-0.39, 0.29) is 6.61 Å². The van der Waals surface area contributed by atoms with E-state index in [9.17, 15) is 0 Å². The minimum Gasteiger partial charge on any atom is -0.481 e. The Balaban J connectivity index is -0.0000000466. The van der Waals surface area contributed by atoms with Gasteiger partial charge in [-0.05, 0) is 6.92 Å². The molecule has 0 aromatic rings. The number of aliphatic hydroxyl groups is 1. The molecule has 0 rings (SSSR count). The van der Waals surface area contributed by atoms with Crippen LogP contribution in [0.25, 0.3) is 0 Å². The van der Waals surface area contributed by atoms with Crippen molar-refractivity contribution in [2.45, 2.75) is 34.6 Å². The van der Waals surface area contributed by atoms with Crippen LogP contribution in [0.2, 0.25) is 0 Å². The molecule has 0 aliphatic carbocycles. The van der Waals surface area contributed by atoms with Crippen LogP contribution < -0.4 is 11.5 Å². The summed E-state index contributed by atoms with van der Waals surface area (Å²) in [5.74, 6) is -3.33. The van der Waals surface area contributed by atoms with Crippen molar-refractivity contribution < 1.29 is 49.4 Å². The molecule has 0 aromatic carbocycles. The summed E-state index contributed by atoms with van der Waals surface area (Å²) in [6, 6.07) is 0. The first-order chi connectivity index (χ1) is 11.8. The number of carbonyl (C=O) groups is 4. The monoisotopic (exact) mass is 390 g/mol. The van der Waals surface area contributed by atoms with Gasteiger partial charge in [-0.1, -0.05) is 0 Å². The molecule has 0 aromatic heterocycles. The van der Waals surface area contributed by atoms with Crippen molar-refractivity contribution in [2.24, 2.45) is 11.5 Å². The zero-order valence-corrected chi connectivity index (χ0v) is 16.0. The van der Waals surface area contributed by atoms with Gasteiger partial charge in [-0.25, -0.2) is 0 Å². The lowest BCUT2D eigenvalue weighted by Gasteiger charge is -1.91. The number of aliphatic carboxylic acids is 4. The summed E-state index contributed by atoms with van der Waals surface area (Å²) in [4.78, 5) is 36.0. The van der Waals surface area contributed by atoms with Gasteiger partial charge in [0.1, 0.15) is 0 Å². The lowest BCUT2D eigenvalue weighted by Crippen LogP contribution is -2.11. The van der Waals surface area contributed by atoms with E-state index in [0.29, 0.717) is 26.3 Å². The summed E-state index contributed by atoms with van der Waals surface area (Å²) in [6.07, 6.45) is 0. The van der Waals surface area contributed by atoms with Crippen molar-refractivity contribution in [3.05, 3.63) is 0 Å². The molecule has 0 radical (unpaired) electrons. The number of rotatable bonds is 4. The third-order valence-electron chi connectivity index (χ3n) is 0.606. The van der Waals surface area contributed by atoms with E-state index in [2.05, 4.69) is 0 Å². The van der Waals surface area contributed by atoms with Gasteiger partial charge in [0.15, 0.2) is 0 Å². The Morgan fingerprint density at radius 1 is 0.731 bits per heavy atom. The lowest BCUT2D eigenvalue weighted by molar-refractivity contribution is -0.135. The largest absolute Gasteiger partial charge is 0.481 e. The van der Waals surface area contributed by atoms with Crippen LogP contribution in [-0.4, -0.2) is 82.3 Å². The summed E-state index contributed by atoms with van der Waals surface area (Å²) in [7, 11) is 0. The number of ether oxygens (including phenoxy) is 1. The van der Waals surface area contributed by atoms with Gasteiger partial charge < -0.3 is 41.7 Å². The van der Waals surface area contributed by atoms with Crippen LogP contribution in [0.5, 0.6) is 0 Å². The first kappa shape index (κ1) is 39.0. The third kappa shape index (κ3) is 3150. The molecule has 0 bridgehead atoms. The third-order valence-corrected chi connectivity index (χ3v) is 0.606. The molecule has 160 valence electrons. The molecule has 0 spiro atoms. The molecular weight excluding hydrogens is 356 g/mol. The predicted molar refractivity (Wildman–Crippen MR) is 94.9 cm³/mol. The molecule has 9 N–H and O–H groups in total. The SMILES string of the molecule is CC(=O)O.CC(=O)O.CC(=O)O.CC(=O)O.CCOCCO.NCCN. The van der Waals surface area contributed by atoms with Gasteiger partial charge in [0.2, 0.25) is 0 Å². The summed E-state index contributed by atoms with van der Waals surface area (Å²) in [6.45, 7) is 8.72. The van der Waals surface area contributed by atoms with Crippen molar-refractivity contribution >= 4 is 23.9 Å². The fraction of sp³-hybridized carbons (Fsp3) is 0.714. The average Bonchev–Trinajstić information content (AvgIpc) is 2.43. The maximum Gasteiger partial charge on any atom is 0.300 e. The predicted octanol–water partition coefficient (Wildman–Crippen LogP) is -0.717. The van der Waals surface area contributed by atoms with Gasteiger partial charge in [0.25, 0.3) is 23.9 Å². The Bertz CT molecular complexity index is 242. The molecule has 0 unspecified atom stereocenters. The second-order valence-electron chi connectivity index (χ2n) is 3.57. The number of nitrogens with two attached hydrogens (primary N) is 2. The van der Waals surface area contributed by atoms with Crippen LogP contribution in [0.4, 0.5) is 0 Å². The second kappa shape index (κ2) is 43.4. The van der Waals surface area contributed by atoms with Crippen molar-refractivity contribution in [3.8, 4) is 0 Å². The van der Waals surface area contributed by atoms with Gasteiger partial charge in [0.05, 0.1) is 13.2 Å². The highest BCUT2D eigenvalue weighted by Gasteiger charge is 1.73. The van der Waals surface area contributed by atoms with E-state index in [1.54, 1.807) is 0 Å². The van der Waals surface area contributed by atoms with E-state index in [4.69, 9.17) is 60.9 Å². The van der Waals surface area contributed by atoms with Gasteiger partial charge in [-0.2, -0.15) is 0 Å². The van der Waals surface area contributed by atoms with Crippen LogP contribution in [0.3, 0.4) is 0 Å². The minimum atomic E-state index is -0.833. The quantitative estimate of drug-likeness (QED) is 0.295. The smallest absolute Gasteiger partial charge is 0.300 e. The Labute approximate surface area is 153 Å². The molecule has 12 heteroatoms. The molecule has 0 aliphatic rings. The van der Waals surface area contributed by atoms with Crippen molar-refractivity contribution in [3.63, 3.8) is 0 Å². The fourth-order valence-corrected chi connectivity index (χ4v) is 0.209. The Morgan fingerprint density at radius 2 is 0.923 bits per heavy atom. The van der Waals surface area contributed by atoms with Gasteiger partial charge >= 0.3 is 0 Å². The molecule has 0 amide bonds. The Hall–Kier alpha value is -2.28. The van der Waals surface area contributed by atoms with Crippen LogP contribution in [0.1, 0.15) is 34.6 Å². The minimum absolute atomic E-state index is 0.133. The number of aliphatic hydroxyl groups excluding tert-OH is 1. The molecule has 0 fully saturated rings. The maximum absolute atomic E-state index is 9.00. The topological polar surface area (TPSA) is 231 Å². The first-order valence-corrected chi connectivity index (χ1v) is 7.13. The molecule has 12 nitrogen and oxygen atoms in total. The summed E-state index contributed by atoms with van der Waals surface area (Å²) in [5.41, 5.74) is 9.81. The molecule has 0 heterocycles. The highest BCUT2D eigenvalue weighted by atomic mass is 16.5. The standard InChI is InChI=1S/C4H10O2.C2H8N2.4C2H4O2/c1-2-6-4-3-5;3-1-2-4;4*1-2(3)4/h5H,2-4H2,1H3;1-4H2;4*1H3,(H,3,4). The van der Waals surface area contributed by atoms with E-state index in [1.807, 2.05) is 6.92 Å². The lowest BCUT2D eigenvalue weighted by atomic mass is 10.7. The second-order valence-corrected chi connectivity index (χ2v) is 3.57. The summed E-state index contributed by atoms with van der Waals surface area (Å²) < 4.78 is 4.73. The zero-order valence-electron chi connectivity index (χ0n) is 16.0. The Kier molecular flexibility index (Phi) is 65.1. The Morgan fingerprint density at radius 3 is 0.962 bits per heavy atom. The van der Waals surface area contributed by atoms with Crippen LogP contribution in [-0.2, 0) is 23.9 Å². The highest BCUT2D eigenvalue weighted by Crippen LogP contribution is 1.66. The van der Waals surface area contributed by atoms with Crippen molar-refractivity contribution in [1.29, 1.82) is 0 Å². The van der Waals surface area contributed by atoms with Gasteiger partial charge in [0, 0.05) is 47.4 Å². The highest BCUT2D eigenvalue weighted by molar-refractivity contribution is 5.63. The zero-order chi connectivity index (χ0) is 22.6. The number of carboxylic acids is 4. The van der Waals surface area contributed by atoms with E-state index in [1.165, 1.54) is 0 Å². The molecule has 26 heavy (non-hydrogen) atoms. The molecular formula is C14H34N2O10. The number of hydrogen-bond acceptors (Lipinski definition) is 8. The van der Waals surface area contributed by atoms with E-state index >= 15 is 0 Å². The average molecular weight is 390 g/mol. The van der Waals surface area contributed by atoms with Crippen LogP contribution >= 0.6 is 0 Å². The molecule has 0 aliphatic heterocycles. The number of carboxylic acid groups (broad SMARTS) is 4. The first-order valence-electron chi connectivity index (χ1n) is 7.13. The van der Waals surface area contributed by atoms with Crippen LogP contribution in [0, 0.1) is 0 Å². The van der Waals surface area contributed by atoms with E-state index < -0.39 is 23.9 Å². The van der Waals surface area contributed by atoms with Gasteiger partial charge in [-0.3, -0.25) is 19.2 Å². The van der Waals surface area contributed by atoms with Crippen molar-refractivity contribution in [1.82, 2.24) is 0 Å². The summed E-state index contributed by atoms with van der Waals surface area (Å²) in [5, 5.41) is 37.7. The maximum atomic E-state index is 9.00. The van der Waals surface area contributed by atoms with Gasteiger partial charge in [-0.15, -0.1) is 0 Å². The molecule has 0 saturated heterocycles. The van der Waals surface area contributed by atoms with E-state index in [0.717, 1.165) is 27.7 Å². The molecule has 0 saturated carbocycles.